The van der Waals surface area contributed by atoms with E-state index in [9.17, 15) is 20.1 Å². The molecule has 2 aliphatic rings. The summed E-state index contributed by atoms with van der Waals surface area (Å²) in [5.41, 5.74) is -1.47. The number of aliphatic carboxylic acids is 1. The number of carboxylic acid groups (broad SMARTS) is 1. The molecule has 0 spiro atoms. The van der Waals surface area contributed by atoms with Crippen LogP contribution in [0.2, 0.25) is 0 Å². The highest BCUT2D eigenvalue weighted by Crippen LogP contribution is 2.37. The molecule has 2 aliphatic heterocycles. The number of hydrogen-bond acceptors (Lipinski definition) is 5. The molecule has 0 amide bonds. The number of hydrogen-bond donors (Lipinski definition) is 3. The van der Waals surface area contributed by atoms with Gasteiger partial charge < -0.3 is 20.1 Å². The predicted octanol–water partition coefficient (Wildman–Crippen LogP) is 0.0739. The van der Waals surface area contributed by atoms with Crippen LogP contribution < -0.4 is 0 Å². The van der Waals surface area contributed by atoms with Crippen LogP contribution in [0, 0.1) is 5.41 Å². The molecule has 2 atom stereocenters. The lowest BCUT2D eigenvalue weighted by molar-refractivity contribution is -0.152. The second kappa shape index (κ2) is 5.60. The van der Waals surface area contributed by atoms with E-state index in [1.165, 1.54) is 0 Å². The van der Waals surface area contributed by atoms with Crippen molar-refractivity contribution in [1.29, 1.82) is 0 Å². The van der Waals surface area contributed by atoms with Gasteiger partial charge in [-0.3, -0.25) is 9.69 Å². The molecule has 6 nitrogen and oxygen atoms in total. The SMILES string of the molecule is CC1(C)CCN(CC(O)C2(O)CCOCC2)C1C(=O)O. The maximum atomic E-state index is 11.5. The second-order valence-electron chi connectivity index (χ2n) is 6.71. The molecule has 0 radical (unpaired) electrons. The van der Waals surface area contributed by atoms with Crippen molar-refractivity contribution in [2.75, 3.05) is 26.3 Å². The first-order valence-corrected chi connectivity index (χ1v) is 7.21. The Morgan fingerprint density at radius 3 is 2.50 bits per heavy atom. The third-order valence-corrected chi connectivity index (χ3v) is 4.77. The van der Waals surface area contributed by atoms with Gasteiger partial charge in [0.05, 0.1) is 11.7 Å². The number of carbonyl (C=O) groups is 1. The van der Waals surface area contributed by atoms with Gasteiger partial charge in [0.1, 0.15) is 6.04 Å². The van der Waals surface area contributed by atoms with Crippen LogP contribution in [0.25, 0.3) is 0 Å². The first-order valence-electron chi connectivity index (χ1n) is 7.21. The van der Waals surface area contributed by atoms with Gasteiger partial charge in [0.25, 0.3) is 0 Å². The lowest BCUT2D eigenvalue weighted by Gasteiger charge is -2.39. The average molecular weight is 287 g/mol. The van der Waals surface area contributed by atoms with Crippen LogP contribution >= 0.6 is 0 Å². The van der Waals surface area contributed by atoms with Crippen LogP contribution in [-0.2, 0) is 9.53 Å². The van der Waals surface area contributed by atoms with Crippen molar-refractivity contribution in [2.24, 2.45) is 5.41 Å². The molecule has 0 saturated carbocycles. The lowest BCUT2D eigenvalue weighted by Crippen LogP contribution is -2.54. The number of rotatable bonds is 4. The van der Waals surface area contributed by atoms with E-state index < -0.39 is 23.7 Å². The Hall–Kier alpha value is -0.690. The van der Waals surface area contributed by atoms with Gasteiger partial charge in [0.15, 0.2) is 0 Å². The minimum Gasteiger partial charge on any atom is -0.480 e. The molecule has 2 heterocycles. The second-order valence-corrected chi connectivity index (χ2v) is 6.71. The van der Waals surface area contributed by atoms with Crippen molar-refractivity contribution in [2.45, 2.75) is 50.9 Å². The number of carboxylic acids is 1. The predicted molar refractivity (Wildman–Crippen MR) is 72.4 cm³/mol. The summed E-state index contributed by atoms with van der Waals surface area (Å²) in [5, 5.41) is 30.2. The highest BCUT2D eigenvalue weighted by Gasteiger charge is 2.47. The molecular weight excluding hydrogens is 262 g/mol. The zero-order valence-corrected chi connectivity index (χ0v) is 12.2. The van der Waals surface area contributed by atoms with Crippen LogP contribution in [-0.4, -0.2) is 70.2 Å². The van der Waals surface area contributed by atoms with Crippen LogP contribution in [0.5, 0.6) is 0 Å². The fourth-order valence-corrected chi connectivity index (χ4v) is 3.33. The normalized spacial score (nSPS) is 31.1. The zero-order chi connectivity index (χ0) is 15.0. The monoisotopic (exact) mass is 287 g/mol. The smallest absolute Gasteiger partial charge is 0.321 e. The number of aliphatic hydroxyl groups is 2. The molecule has 0 aromatic heterocycles. The Bertz CT molecular complexity index is 365. The van der Waals surface area contributed by atoms with Gasteiger partial charge in [-0.05, 0) is 18.4 Å². The first kappa shape index (κ1) is 15.7. The van der Waals surface area contributed by atoms with Crippen LogP contribution in [0.4, 0.5) is 0 Å². The summed E-state index contributed by atoms with van der Waals surface area (Å²) in [6.07, 6.45) is 0.618. The van der Waals surface area contributed by atoms with Gasteiger partial charge >= 0.3 is 5.97 Å². The summed E-state index contributed by atoms with van der Waals surface area (Å²) in [5.74, 6) is -0.862. The van der Waals surface area contributed by atoms with E-state index >= 15 is 0 Å². The average Bonchev–Trinajstić information content (AvgIpc) is 2.65. The molecule has 6 heteroatoms. The summed E-state index contributed by atoms with van der Waals surface area (Å²) < 4.78 is 5.20. The summed E-state index contributed by atoms with van der Waals surface area (Å²) in [4.78, 5) is 13.2. The van der Waals surface area contributed by atoms with Crippen molar-refractivity contribution in [3.8, 4) is 0 Å². The fraction of sp³-hybridized carbons (Fsp3) is 0.929. The maximum absolute atomic E-state index is 11.5. The fourth-order valence-electron chi connectivity index (χ4n) is 3.33. The topological polar surface area (TPSA) is 90.2 Å². The molecule has 2 unspecified atom stereocenters. The summed E-state index contributed by atoms with van der Waals surface area (Å²) in [6.45, 7) is 5.55. The van der Waals surface area contributed by atoms with E-state index in [1.807, 2.05) is 13.8 Å². The van der Waals surface area contributed by atoms with Gasteiger partial charge in [-0.2, -0.15) is 0 Å². The lowest BCUT2D eigenvalue weighted by atomic mass is 9.84. The summed E-state index contributed by atoms with van der Waals surface area (Å²) in [6, 6.07) is -0.611. The number of ether oxygens (including phenoxy) is 1. The van der Waals surface area contributed by atoms with E-state index in [0.717, 1.165) is 6.42 Å². The van der Waals surface area contributed by atoms with Gasteiger partial charge in [0.2, 0.25) is 0 Å². The number of nitrogens with zero attached hydrogens (tertiary/aromatic N) is 1. The van der Waals surface area contributed by atoms with Crippen molar-refractivity contribution in [3.05, 3.63) is 0 Å². The highest BCUT2D eigenvalue weighted by molar-refractivity contribution is 5.75. The van der Waals surface area contributed by atoms with Gasteiger partial charge in [-0.1, -0.05) is 13.8 Å². The quantitative estimate of drug-likeness (QED) is 0.678. The Labute approximate surface area is 119 Å². The van der Waals surface area contributed by atoms with E-state index in [4.69, 9.17) is 4.74 Å². The molecule has 0 aromatic carbocycles. The number of β-amino-alcohol motifs (C(OH)–C–C–N with tert-alkyl or cyclic N) is 1. The van der Waals surface area contributed by atoms with Crippen molar-refractivity contribution >= 4 is 5.97 Å². The van der Waals surface area contributed by atoms with E-state index in [2.05, 4.69) is 0 Å². The Balaban J connectivity index is 2.03. The molecule has 116 valence electrons. The Kier molecular flexibility index (Phi) is 4.39. The van der Waals surface area contributed by atoms with Crippen LogP contribution in [0.15, 0.2) is 0 Å². The van der Waals surface area contributed by atoms with E-state index in [1.54, 1.807) is 4.90 Å². The molecule has 0 aliphatic carbocycles. The largest absolute Gasteiger partial charge is 0.480 e. The third kappa shape index (κ3) is 2.98. The van der Waals surface area contributed by atoms with Crippen molar-refractivity contribution in [1.82, 2.24) is 4.90 Å². The maximum Gasteiger partial charge on any atom is 0.321 e. The zero-order valence-electron chi connectivity index (χ0n) is 12.2. The Morgan fingerprint density at radius 1 is 1.35 bits per heavy atom. The summed E-state index contributed by atoms with van der Waals surface area (Å²) in [7, 11) is 0. The van der Waals surface area contributed by atoms with Gasteiger partial charge in [-0.25, -0.2) is 0 Å². The van der Waals surface area contributed by atoms with E-state index in [-0.39, 0.29) is 12.0 Å². The van der Waals surface area contributed by atoms with E-state index in [0.29, 0.717) is 32.6 Å². The minimum absolute atomic E-state index is 0.191. The van der Waals surface area contributed by atoms with Crippen LogP contribution in [0.1, 0.15) is 33.1 Å². The molecular formula is C14H25NO5. The van der Waals surface area contributed by atoms with Crippen molar-refractivity contribution in [3.63, 3.8) is 0 Å². The molecule has 2 saturated heterocycles. The molecule has 0 bridgehead atoms. The molecule has 0 aromatic rings. The Morgan fingerprint density at radius 2 is 1.95 bits per heavy atom. The van der Waals surface area contributed by atoms with Crippen molar-refractivity contribution < 1.29 is 24.9 Å². The molecule has 3 N–H and O–H groups in total. The van der Waals surface area contributed by atoms with Gasteiger partial charge in [-0.15, -0.1) is 0 Å². The van der Waals surface area contributed by atoms with Crippen LogP contribution in [0.3, 0.4) is 0 Å². The molecule has 2 fully saturated rings. The minimum atomic E-state index is -1.16. The standard InChI is InChI=1S/C14H25NO5/c1-13(2)3-6-15(11(13)12(17)18)9-10(16)14(19)4-7-20-8-5-14/h10-11,16,19H,3-9H2,1-2H3,(H,17,18). The third-order valence-electron chi connectivity index (χ3n) is 4.77. The number of likely N-dealkylation sites (tertiary alicyclic amines) is 1. The molecule has 20 heavy (non-hydrogen) atoms. The number of aliphatic hydroxyl groups excluding tert-OH is 1. The highest BCUT2D eigenvalue weighted by atomic mass is 16.5. The summed E-state index contributed by atoms with van der Waals surface area (Å²) >= 11 is 0. The first-order chi connectivity index (χ1) is 9.26. The molecule has 2 rings (SSSR count). The van der Waals surface area contributed by atoms with Gasteiger partial charge in [0, 0.05) is 32.6 Å².